The van der Waals surface area contributed by atoms with E-state index in [4.69, 9.17) is 11.6 Å². The quantitative estimate of drug-likeness (QED) is 0.528. The van der Waals surface area contributed by atoms with Gasteiger partial charge in [0, 0.05) is 30.0 Å². The third-order valence-corrected chi connectivity index (χ3v) is 5.92. The van der Waals surface area contributed by atoms with Crippen LogP contribution in [-0.4, -0.2) is 19.2 Å². The molecule has 140 valence electrons. The zero-order valence-corrected chi connectivity index (χ0v) is 16.4. The maximum absolute atomic E-state index is 12.0. The van der Waals surface area contributed by atoms with Gasteiger partial charge in [0.05, 0.1) is 5.41 Å². The third kappa shape index (κ3) is 2.58. The molecule has 3 heterocycles. The first-order valence-corrected chi connectivity index (χ1v) is 9.65. The number of nitrogens with zero attached hydrogens (tertiary/aromatic N) is 4. The third-order valence-electron chi connectivity index (χ3n) is 5.67. The Morgan fingerprint density at radius 2 is 1.75 bits per heavy atom. The number of benzene rings is 1. The summed E-state index contributed by atoms with van der Waals surface area (Å²) in [5, 5.41) is 9.66. The van der Waals surface area contributed by atoms with Crippen LogP contribution in [0, 0.1) is 6.92 Å². The van der Waals surface area contributed by atoms with Gasteiger partial charge in [-0.15, -0.1) is 10.2 Å². The van der Waals surface area contributed by atoms with Crippen molar-refractivity contribution in [2.24, 2.45) is 7.05 Å². The molecule has 4 aromatic rings. The standard InChI is InChI=1S/C22H19ClN4O/c1-14-11-16(12-26(2)20(14)28)15-3-8-19-24-25-21(27(19)13-15)22(9-10-22)17-4-6-18(23)7-5-17/h3-8,11-13H,9-10H2,1-2H3. The number of pyridine rings is 2. The Morgan fingerprint density at radius 1 is 1.00 bits per heavy atom. The van der Waals surface area contributed by atoms with Crippen LogP contribution in [0.1, 0.15) is 29.8 Å². The molecule has 0 radical (unpaired) electrons. The van der Waals surface area contributed by atoms with Crippen LogP contribution in [0.4, 0.5) is 0 Å². The van der Waals surface area contributed by atoms with Gasteiger partial charge in [-0.1, -0.05) is 23.7 Å². The second-order valence-corrected chi connectivity index (χ2v) is 8.02. The minimum Gasteiger partial charge on any atom is -0.318 e. The Bertz CT molecular complexity index is 1240. The molecule has 1 fully saturated rings. The molecule has 5 nitrogen and oxygen atoms in total. The van der Waals surface area contributed by atoms with E-state index in [9.17, 15) is 4.79 Å². The van der Waals surface area contributed by atoms with E-state index in [1.807, 2.05) is 43.5 Å². The maximum atomic E-state index is 12.0. The fourth-order valence-corrected chi connectivity index (χ4v) is 4.08. The van der Waals surface area contributed by atoms with Gasteiger partial charge in [-0.2, -0.15) is 0 Å². The molecule has 1 saturated carbocycles. The van der Waals surface area contributed by atoms with Gasteiger partial charge in [0.25, 0.3) is 5.56 Å². The summed E-state index contributed by atoms with van der Waals surface area (Å²) in [6, 6.07) is 13.9. The van der Waals surface area contributed by atoms with Crippen molar-refractivity contribution in [3.05, 3.63) is 87.2 Å². The van der Waals surface area contributed by atoms with Crippen LogP contribution in [0.15, 0.2) is 59.7 Å². The summed E-state index contributed by atoms with van der Waals surface area (Å²) in [4.78, 5) is 12.0. The summed E-state index contributed by atoms with van der Waals surface area (Å²) in [6.07, 6.45) is 6.02. The van der Waals surface area contributed by atoms with Crippen LogP contribution >= 0.6 is 11.6 Å². The number of fused-ring (bicyclic) bond motifs is 1. The summed E-state index contributed by atoms with van der Waals surface area (Å²) in [5.41, 5.74) is 4.70. The highest BCUT2D eigenvalue weighted by atomic mass is 35.5. The molecule has 0 amide bonds. The second-order valence-electron chi connectivity index (χ2n) is 7.59. The Hall–Kier alpha value is -2.92. The van der Waals surface area contributed by atoms with Crippen LogP contribution in [0.2, 0.25) is 5.02 Å². The lowest BCUT2D eigenvalue weighted by molar-refractivity contribution is 0.740. The lowest BCUT2D eigenvalue weighted by Crippen LogP contribution is -2.18. The van der Waals surface area contributed by atoms with Crippen molar-refractivity contribution in [2.45, 2.75) is 25.2 Å². The van der Waals surface area contributed by atoms with Crippen LogP contribution in [0.25, 0.3) is 16.8 Å². The minimum atomic E-state index is -0.109. The zero-order chi connectivity index (χ0) is 19.5. The van der Waals surface area contributed by atoms with Gasteiger partial charge in [0.2, 0.25) is 0 Å². The van der Waals surface area contributed by atoms with Crippen LogP contribution in [-0.2, 0) is 12.5 Å². The Balaban J connectivity index is 1.66. The number of hydrogen-bond donors (Lipinski definition) is 0. The molecule has 0 N–H and O–H groups in total. The van der Waals surface area contributed by atoms with E-state index in [-0.39, 0.29) is 11.0 Å². The number of rotatable bonds is 3. The largest absolute Gasteiger partial charge is 0.318 e. The van der Waals surface area contributed by atoms with Crippen molar-refractivity contribution in [3.8, 4) is 11.1 Å². The van der Waals surface area contributed by atoms with Crippen molar-refractivity contribution in [1.29, 1.82) is 0 Å². The highest BCUT2D eigenvalue weighted by molar-refractivity contribution is 6.30. The molecule has 0 bridgehead atoms. The predicted molar refractivity (Wildman–Crippen MR) is 110 cm³/mol. The Labute approximate surface area is 167 Å². The fourth-order valence-electron chi connectivity index (χ4n) is 3.96. The van der Waals surface area contributed by atoms with Crippen LogP contribution in [0.5, 0.6) is 0 Å². The molecule has 1 aliphatic rings. The molecular weight excluding hydrogens is 372 g/mol. The summed E-state index contributed by atoms with van der Waals surface area (Å²) in [5.74, 6) is 0.952. The summed E-state index contributed by atoms with van der Waals surface area (Å²) >= 11 is 6.07. The van der Waals surface area contributed by atoms with Gasteiger partial charge >= 0.3 is 0 Å². The normalized spacial score (nSPS) is 15.1. The summed E-state index contributed by atoms with van der Waals surface area (Å²) in [7, 11) is 1.78. The molecule has 0 atom stereocenters. The fraction of sp³-hybridized carbons (Fsp3) is 0.227. The van der Waals surface area contributed by atoms with Gasteiger partial charge in [-0.3, -0.25) is 9.20 Å². The van der Waals surface area contributed by atoms with E-state index in [0.717, 1.165) is 46.0 Å². The lowest BCUT2D eigenvalue weighted by atomic mass is 9.95. The second kappa shape index (κ2) is 6.04. The molecule has 0 aliphatic heterocycles. The van der Waals surface area contributed by atoms with Crippen molar-refractivity contribution in [3.63, 3.8) is 0 Å². The SMILES string of the molecule is Cc1cc(-c2ccc3nnc(C4(c5ccc(Cl)cc5)CC4)n3c2)cn(C)c1=O. The topological polar surface area (TPSA) is 52.2 Å². The first-order chi connectivity index (χ1) is 13.5. The average Bonchev–Trinajstić information content (AvgIpc) is 3.38. The molecular formula is C22H19ClN4O. The molecule has 3 aromatic heterocycles. The molecule has 1 aromatic carbocycles. The zero-order valence-electron chi connectivity index (χ0n) is 15.7. The number of aryl methyl sites for hydroxylation is 2. The smallest absolute Gasteiger partial charge is 0.253 e. The van der Waals surface area contributed by atoms with E-state index < -0.39 is 0 Å². The number of aromatic nitrogens is 4. The van der Waals surface area contributed by atoms with Crippen molar-refractivity contribution in [1.82, 2.24) is 19.2 Å². The summed E-state index contributed by atoms with van der Waals surface area (Å²) in [6.45, 7) is 1.84. The first kappa shape index (κ1) is 17.2. The number of halogens is 1. The molecule has 0 saturated heterocycles. The number of hydrogen-bond acceptors (Lipinski definition) is 3. The highest BCUT2D eigenvalue weighted by Gasteiger charge is 2.49. The highest BCUT2D eigenvalue weighted by Crippen LogP contribution is 2.52. The Kier molecular flexibility index (Phi) is 3.71. The Morgan fingerprint density at radius 3 is 2.43 bits per heavy atom. The molecule has 1 aliphatic carbocycles. The van der Waals surface area contributed by atoms with E-state index >= 15 is 0 Å². The van der Waals surface area contributed by atoms with Gasteiger partial charge in [-0.25, -0.2) is 0 Å². The van der Waals surface area contributed by atoms with E-state index in [1.165, 1.54) is 5.56 Å². The van der Waals surface area contributed by atoms with Gasteiger partial charge in [-0.05, 0) is 66.8 Å². The minimum absolute atomic E-state index is 0.0227. The van der Waals surface area contributed by atoms with E-state index in [1.54, 1.807) is 11.6 Å². The average molecular weight is 391 g/mol. The maximum Gasteiger partial charge on any atom is 0.253 e. The monoisotopic (exact) mass is 390 g/mol. The van der Waals surface area contributed by atoms with Gasteiger partial charge in [0.15, 0.2) is 5.65 Å². The lowest BCUT2D eigenvalue weighted by Gasteiger charge is -2.15. The van der Waals surface area contributed by atoms with Crippen molar-refractivity contribution in [2.75, 3.05) is 0 Å². The van der Waals surface area contributed by atoms with E-state index in [2.05, 4.69) is 32.9 Å². The first-order valence-electron chi connectivity index (χ1n) is 9.27. The van der Waals surface area contributed by atoms with Crippen molar-refractivity contribution >= 4 is 17.2 Å². The van der Waals surface area contributed by atoms with Gasteiger partial charge < -0.3 is 4.57 Å². The summed E-state index contributed by atoms with van der Waals surface area (Å²) < 4.78 is 3.70. The molecule has 5 rings (SSSR count). The molecule has 28 heavy (non-hydrogen) atoms. The molecule has 0 unspecified atom stereocenters. The molecule has 6 heteroatoms. The van der Waals surface area contributed by atoms with Crippen molar-refractivity contribution < 1.29 is 0 Å². The van der Waals surface area contributed by atoms with Gasteiger partial charge in [0.1, 0.15) is 5.82 Å². The predicted octanol–water partition coefficient (Wildman–Crippen LogP) is 4.14. The van der Waals surface area contributed by atoms with Crippen LogP contribution in [0.3, 0.4) is 0 Å². The van der Waals surface area contributed by atoms with E-state index in [0.29, 0.717) is 0 Å². The molecule has 0 spiro atoms. The van der Waals surface area contributed by atoms with Crippen LogP contribution < -0.4 is 5.56 Å².